The van der Waals surface area contributed by atoms with E-state index in [1.54, 1.807) is 45.0 Å². The van der Waals surface area contributed by atoms with Crippen LogP contribution in [-0.2, 0) is 9.53 Å². The van der Waals surface area contributed by atoms with Gasteiger partial charge in [0.1, 0.15) is 11.3 Å². The zero-order chi connectivity index (χ0) is 15.2. The van der Waals surface area contributed by atoms with Crippen molar-refractivity contribution in [2.75, 3.05) is 5.32 Å². The maximum absolute atomic E-state index is 11.4. The normalized spacial score (nSPS) is 11.2. The topological polar surface area (TPSA) is 80.1 Å². The van der Waals surface area contributed by atoms with Crippen molar-refractivity contribution < 1.29 is 14.3 Å². The van der Waals surface area contributed by atoms with E-state index in [1.807, 2.05) is 0 Å². The monoisotopic (exact) mass is 275 g/mol. The fraction of sp³-hybridized carbons (Fsp3) is 0.286. The van der Waals surface area contributed by atoms with Gasteiger partial charge in [-0.1, -0.05) is 23.8 Å². The van der Waals surface area contributed by atoms with Gasteiger partial charge in [0.05, 0.1) is 5.69 Å². The van der Waals surface area contributed by atoms with Gasteiger partial charge in [0, 0.05) is 0 Å². The first-order chi connectivity index (χ1) is 9.31. The molecular formula is C14H17N3O3. The van der Waals surface area contributed by atoms with Crippen LogP contribution in [0.1, 0.15) is 20.8 Å². The second kappa shape index (κ2) is 6.60. The third kappa shape index (κ3) is 5.43. The zero-order valence-electron chi connectivity index (χ0n) is 11.7. The Hall–Kier alpha value is -2.50. The Kier molecular flexibility index (Phi) is 5.14. The number of hydrogen-bond acceptors (Lipinski definition) is 4. The minimum atomic E-state index is -0.789. The molecule has 1 aromatic rings. The average Bonchev–Trinajstić information content (AvgIpc) is 2.35. The van der Waals surface area contributed by atoms with Crippen molar-refractivity contribution in [3.63, 3.8) is 0 Å². The maximum atomic E-state index is 11.4. The van der Waals surface area contributed by atoms with Crippen LogP contribution in [0.2, 0.25) is 0 Å². The largest absolute Gasteiger partial charge is 0.452 e. The van der Waals surface area contributed by atoms with Crippen LogP contribution in [0.15, 0.2) is 47.1 Å². The second-order valence-corrected chi connectivity index (χ2v) is 4.89. The summed E-state index contributed by atoms with van der Waals surface area (Å²) in [6.07, 6.45) is 0.351. The summed E-state index contributed by atoms with van der Waals surface area (Å²) < 4.78 is 5.00. The van der Waals surface area contributed by atoms with Crippen LogP contribution in [0, 0.1) is 0 Å². The van der Waals surface area contributed by atoms with E-state index in [4.69, 9.17) is 4.74 Å². The van der Waals surface area contributed by atoms with E-state index in [0.717, 1.165) is 6.08 Å². The number of nitrogens with zero attached hydrogens (tertiary/aromatic N) is 2. The second-order valence-electron chi connectivity index (χ2n) is 4.89. The quantitative estimate of drug-likeness (QED) is 0.672. The molecule has 0 spiro atoms. The summed E-state index contributed by atoms with van der Waals surface area (Å²) in [4.78, 5) is 22.7. The van der Waals surface area contributed by atoms with Crippen molar-refractivity contribution in [2.45, 2.75) is 26.4 Å². The van der Waals surface area contributed by atoms with Crippen LogP contribution in [0.3, 0.4) is 0 Å². The maximum Gasteiger partial charge on any atom is 0.452 e. The summed E-state index contributed by atoms with van der Waals surface area (Å²) in [7, 11) is 0. The van der Waals surface area contributed by atoms with Gasteiger partial charge >= 0.3 is 6.09 Å². The van der Waals surface area contributed by atoms with Gasteiger partial charge in [-0.25, -0.2) is 4.79 Å². The first-order valence-corrected chi connectivity index (χ1v) is 5.99. The fourth-order valence-corrected chi connectivity index (χ4v) is 1.23. The third-order valence-corrected chi connectivity index (χ3v) is 1.98. The number of benzene rings is 1. The highest BCUT2D eigenvalue weighted by molar-refractivity contribution is 6.00. The lowest BCUT2D eigenvalue weighted by Gasteiger charge is -2.16. The number of nitrogens with one attached hydrogen (secondary N) is 1. The molecule has 6 nitrogen and oxygen atoms in total. The van der Waals surface area contributed by atoms with Gasteiger partial charge in [-0.05, 0) is 39.0 Å². The number of rotatable bonds is 3. The molecule has 0 saturated heterocycles. The van der Waals surface area contributed by atoms with Crippen molar-refractivity contribution in [2.24, 2.45) is 10.2 Å². The summed E-state index contributed by atoms with van der Waals surface area (Å²) in [5, 5.41) is 9.81. The van der Waals surface area contributed by atoms with Gasteiger partial charge in [0.2, 0.25) is 5.91 Å². The molecule has 0 aliphatic heterocycles. The molecule has 2 amide bonds. The van der Waals surface area contributed by atoms with Crippen LogP contribution in [0.25, 0.3) is 0 Å². The van der Waals surface area contributed by atoms with E-state index in [-0.39, 0.29) is 5.91 Å². The Balaban J connectivity index is 2.84. The Bertz CT molecular complexity index is 545. The fourth-order valence-electron chi connectivity index (χ4n) is 1.23. The number of ether oxygens (including phenoxy) is 1. The first-order valence-electron chi connectivity index (χ1n) is 5.99. The molecule has 0 bridgehead atoms. The van der Waals surface area contributed by atoms with Crippen LogP contribution < -0.4 is 5.32 Å². The van der Waals surface area contributed by atoms with Crippen molar-refractivity contribution in [3.05, 3.63) is 36.9 Å². The summed E-state index contributed by atoms with van der Waals surface area (Å²) in [6, 6.07) is 6.70. The SMILES string of the molecule is C=CC(=O)Nc1ccccc1N=NC(=O)OC(C)(C)C. The molecule has 0 aliphatic carbocycles. The van der Waals surface area contributed by atoms with Crippen molar-refractivity contribution in [3.8, 4) is 0 Å². The standard InChI is InChI=1S/C14H17N3O3/c1-5-12(18)15-10-8-6-7-9-11(10)16-17-13(19)20-14(2,3)4/h5-9H,1H2,2-4H3,(H,15,18). The van der Waals surface area contributed by atoms with E-state index in [1.165, 1.54) is 0 Å². The number of azo groups is 1. The van der Waals surface area contributed by atoms with Crippen molar-refractivity contribution in [1.29, 1.82) is 0 Å². The van der Waals surface area contributed by atoms with Gasteiger partial charge < -0.3 is 10.1 Å². The van der Waals surface area contributed by atoms with Crippen LogP contribution in [-0.4, -0.2) is 17.6 Å². The summed E-state index contributed by atoms with van der Waals surface area (Å²) in [5.74, 6) is -0.370. The molecule has 106 valence electrons. The van der Waals surface area contributed by atoms with E-state index in [9.17, 15) is 9.59 Å². The third-order valence-electron chi connectivity index (χ3n) is 1.98. The number of para-hydroxylation sites is 1. The summed E-state index contributed by atoms with van der Waals surface area (Å²) >= 11 is 0. The average molecular weight is 275 g/mol. The molecule has 0 unspecified atom stereocenters. The molecule has 0 fully saturated rings. The molecule has 6 heteroatoms. The molecule has 0 heterocycles. The smallest absolute Gasteiger partial charge is 0.441 e. The molecule has 20 heavy (non-hydrogen) atoms. The highest BCUT2D eigenvalue weighted by Gasteiger charge is 2.15. The van der Waals surface area contributed by atoms with Gasteiger partial charge in [-0.3, -0.25) is 4.79 Å². The molecule has 0 saturated carbocycles. The number of hydrogen-bond donors (Lipinski definition) is 1. The predicted molar refractivity (Wildman–Crippen MR) is 76.0 cm³/mol. The van der Waals surface area contributed by atoms with E-state index < -0.39 is 11.7 Å². The highest BCUT2D eigenvalue weighted by Crippen LogP contribution is 2.24. The minimum Gasteiger partial charge on any atom is -0.441 e. The molecule has 0 atom stereocenters. The van der Waals surface area contributed by atoms with E-state index in [0.29, 0.717) is 11.4 Å². The van der Waals surface area contributed by atoms with E-state index in [2.05, 4.69) is 22.1 Å². The molecule has 1 aromatic carbocycles. The van der Waals surface area contributed by atoms with Gasteiger partial charge in [-0.2, -0.15) is 0 Å². The molecule has 1 N–H and O–H groups in total. The molecule has 0 aromatic heterocycles. The van der Waals surface area contributed by atoms with E-state index >= 15 is 0 Å². The van der Waals surface area contributed by atoms with Crippen LogP contribution in [0.5, 0.6) is 0 Å². The number of anilines is 1. The highest BCUT2D eigenvalue weighted by atomic mass is 16.6. The Morgan fingerprint density at radius 3 is 2.55 bits per heavy atom. The lowest BCUT2D eigenvalue weighted by Crippen LogP contribution is -2.21. The minimum absolute atomic E-state index is 0.355. The Morgan fingerprint density at radius 2 is 1.95 bits per heavy atom. The Labute approximate surface area is 117 Å². The lowest BCUT2D eigenvalue weighted by atomic mass is 10.2. The molecule has 0 radical (unpaired) electrons. The van der Waals surface area contributed by atoms with Gasteiger partial charge in [0.15, 0.2) is 0 Å². The number of carbonyl (C=O) groups excluding carboxylic acids is 2. The van der Waals surface area contributed by atoms with Crippen molar-refractivity contribution in [1.82, 2.24) is 0 Å². The Morgan fingerprint density at radius 1 is 1.30 bits per heavy atom. The molecule has 1 rings (SSSR count). The van der Waals surface area contributed by atoms with Crippen LogP contribution >= 0.6 is 0 Å². The van der Waals surface area contributed by atoms with Gasteiger partial charge in [-0.15, -0.1) is 5.11 Å². The predicted octanol–water partition coefficient (Wildman–Crippen LogP) is 3.83. The summed E-state index contributed by atoms with van der Waals surface area (Å²) in [6.45, 7) is 8.57. The van der Waals surface area contributed by atoms with Gasteiger partial charge in [0.25, 0.3) is 0 Å². The van der Waals surface area contributed by atoms with Crippen LogP contribution in [0.4, 0.5) is 16.2 Å². The molecule has 0 aliphatic rings. The lowest BCUT2D eigenvalue weighted by molar-refractivity contribution is -0.111. The number of carbonyl (C=O) groups is 2. The number of amides is 2. The zero-order valence-corrected chi connectivity index (χ0v) is 11.7. The molecular weight excluding hydrogens is 258 g/mol. The first kappa shape index (κ1) is 15.6. The summed E-state index contributed by atoms with van der Waals surface area (Å²) in [5.41, 5.74) is 0.158. The van der Waals surface area contributed by atoms with Crippen molar-refractivity contribution >= 4 is 23.4 Å².